The van der Waals surface area contributed by atoms with Crippen molar-refractivity contribution in [1.82, 2.24) is 19.6 Å². The standard InChI is InChI=1S/C19H29N5O5/c1-14-10-23(11-15(2)29-14)17(25)13-24-12-16(9-20-24)21-18(26)22-5-3-19(4-6-22)27-7-8-28-19/h9,12,14-15H,3-8,10-11,13H2,1-2H3,(H,21,26). The van der Waals surface area contributed by atoms with Crippen LogP contribution < -0.4 is 5.32 Å². The molecule has 160 valence electrons. The molecule has 1 aromatic heterocycles. The van der Waals surface area contributed by atoms with Crippen LogP contribution in [0.25, 0.3) is 0 Å². The van der Waals surface area contributed by atoms with Crippen molar-refractivity contribution in [3.8, 4) is 0 Å². The summed E-state index contributed by atoms with van der Waals surface area (Å²) in [6, 6.07) is -0.181. The molecule has 1 spiro atoms. The van der Waals surface area contributed by atoms with E-state index in [2.05, 4.69) is 10.4 Å². The summed E-state index contributed by atoms with van der Waals surface area (Å²) in [5.74, 6) is -0.512. The SMILES string of the molecule is CC1CN(C(=O)Cn2cc(NC(=O)N3CCC4(CC3)OCCO4)cn2)CC(C)O1. The molecule has 3 aliphatic rings. The lowest BCUT2D eigenvalue weighted by molar-refractivity contribution is -0.181. The van der Waals surface area contributed by atoms with Crippen LogP contribution in [0.4, 0.5) is 10.5 Å². The maximum atomic E-state index is 12.6. The zero-order valence-electron chi connectivity index (χ0n) is 17.0. The van der Waals surface area contributed by atoms with E-state index in [1.807, 2.05) is 13.8 Å². The van der Waals surface area contributed by atoms with Crippen molar-refractivity contribution in [3.63, 3.8) is 0 Å². The van der Waals surface area contributed by atoms with Gasteiger partial charge >= 0.3 is 6.03 Å². The molecule has 0 aromatic carbocycles. The van der Waals surface area contributed by atoms with E-state index in [1.165, 1.54) is 0 Å². The third kappa shape index (κ3) is 4.71. The Kier molecular flexibility index (Phi) is 5.75. The number of morpholine rings is 1. The molecule has 10 nitrogen and oxygen atoms in total. The number of likely N-dealkylation sites (tertiary alicyclic amines) is 1. The predicted molar refractivity (Wildman–Crippen MR) is 103 cm³/mol. The zero-order chi connectivity index (χ0) is 20.4. The highest BCUT2D eigenvalue weighted by Gasteiger charge is 2.40. The van der Waals surface area contributed by atoms with E-state index in [0.29, 0.717) is 57.9 Å². The number of anilines is 1. The van der Waals surface area contributed by atoms with Crippen LogP contribution >= 0.6 is 0 Å². The minimum absolute atomic E-state index is 0.00845. The Morgan fingerprint density at radius 3 is 2.45 bits per heavy atom. The minimum Gasteiger partial charge on any atom is -0.372 e. The maximum Gasteiger partial charge on any atom is 0.321 e. The smallest absolute Gasteiger partial charge is 0.321 e. The molecule has 0 radical (unpaired) electrons. The van der Waals surface area contributed by atoms with Gasteiger partial charge in [0.2, 0.25) is 5.91 Å². The summed E-state index contributed by atoms with van der Waals surface area (Å²) < 4.78 is 18.6. The first-order valence-electron chi connectivity index (χ1n) is 10.2. The maximum absolute atomic E-state index is 12.6. The third-order valence-electron chi connectivity index (χ3n) is 5.58. The van der Waals surface area contributed by atoms with Gasteiger partial charge in [0.15, 0.2) is 5.79 Å². The van der Waals surface area contributed by atoms with Gasteiger partial charge in [0.05, 0.1) is 37.3 Å². The number of nitrogens with zero attached hydrogens (tertiary/aromatic N) is 4. The highest BCUT2D eigenvalue weighted by Crippen LogP contribution is 2.31. The topological polar surface area (TPSA) is 98.2 Å². The van der Waals surface area contributed by atoms with E-state index < -0.39 is 5.79 Å². The Balaban J connectivity index is 1.27. The molecule has 29 heavy (non-hydrogen) atoms. The van der Waals surface area contributed by atoms with Crippen molar-refractivity contribution in [2.45, 2.75) is 51.2 Å². The van der Waals surface area contributed by atoms with Gasteiger partial charge in [-0.2, -0.15) is 5.10 Å². The fraction of sp³-hybridized carbons (Fsp3) is 0.737. The number of aromatic nitrogens is 2. The van der Waals surface area contributed by atoms with Crippen LogP contribution in [0.1, 0.15) is 26.7 Å². The molecule has 4 heterocycles. The lowest BCUT2D eigenvalue weighted by atomic mass is 10.0. The summed E-state index contributed by atoms with van der Waals surface area (Å²) in [6.45, 7) is 7.61. The van der Waals surface area contributed by atoms with E-state index in [9.17, 15) is 9.59 Å². The van der Waals surface area contributed by atoms with E-state index in [-0.39, 0.29) is 30.7 Å². The molecule has 2 atom stereocenters. The largest absolute Gasteiger partial charge is 0.372 e. The number of rotatable bonds is 3. The summed E-state index contributed by atoms with van der Waals surface area (Å²) >= 11 is 0. The Morgan fingerprint density at radius 2 is 1.79 bits per heavy atom. The molecule has 3 amide bonds. The third-order valence-corrected chi connectivity index (χ3v) is 5.58. The number of amides is 3. The quantitative estimate of drug-likeness (QED) is 0.799. The van der Waals surface area contributed by atoms with Crippen LogP contribution in [0.15, 0.2) is 12.4 Å². The number of nitrogens with one attached hydrogen (secondary N) is 1. The summed E-state index contributed by atoms with van der Waals surface area (Å²) in [4.78, 5) is 28.6. The van der Waals surface area contributed by atoms with Gasteiger partial charge < -0.3 is 29.3 Å². The highest BCUT2D eigenvalue weighted by molar-refractivity contribution is 5.89. The van der Waals surface area contributed by atoms with Crippen LogP contribution in [0.2, 0.25) is 0 Å². The Labute approximate surface area is 170 Å². The second-order valence-electron chi connectivity index (χ2n) is 8.01. The molecule has 3 aliphatic heterocycles. The molecule has 1 N–H and O–H groups in total. The first kappa shape index (κ1) is 20.1. The number of urea groups is 1. The number of carbonyl (C=O) groups is 2. The van der Waals surface area contributed by atoms with Gasteiger partial charge in [-0.3, -0.25) is 9.48 Å². The molecule has 0 saturated carbocycles. The van der Waals surface area contributed by atoms with E-state index in [1.54, 1.807) is 26.9 Å². The summed E-state index contributed by atoms with van der Waals surface area (Å²) in [5.41, 5.74) is 0.570. The normalized spacial score (nSPS) is 26.7. The lowest BCUT2D eigenvalue weighted by Crippen LogP contribution is -2.49. The van der Waals surface area contributed by atoms with Crippen LogP contribution in [0.3, 0.4) is 0 Å². The molecular weight excluding hydrogens is 378 g/mol. The minimum atomic E-state index is -0.503. The first-order chi connectivity index (χ1) is 13.9. The molecule has 0 aliphatic carbocycles. The van der Waals surface area contributed by atoms with Gasteiger partial charge in [-0.15, -0.1) is 0 Å². The number of piperidine rings is 1. The van der Waals surface area contributed by atoms with Gasteiger partial charge in [-0.05, 0) is 13.8 Å². The van der Waals surface area contributed by atoms with Gasteiger partial charge in [0.25, 0.3) is 0 Å². The first-order valence-corrected chi connectivity index (χ1v) is 10.2. The van der Waals surface area contributed by atoms with Crippen molar-refractivity contribution in [2.75, 3.05) is 44.7 Å². The molecule has 1 aromatic rings. The molecule has 3 fully saturated rings. The zero-order valence-corrected chi connectivity index (χ0v) is 17.0. The highest BCUT2D eigenvalue weighted by atomic mass is 16.7. The second-order valence-corrected chi connectivity index (χ2v) is 8.01. The molecule has 10 heteroatoms. The van der Waals surface area contributed by atoms with Crippen molar-refractivity contribution in [1.29, 1.82) is 0 Å². The van der Waals surface area contributed by atoms with E-state index in [0.717, 1.165) is 0 Å². The van der Waals surface area contributed by atoms with Crippen LogP contribution in [0, 0.1) is 0 Å². The summed E-state index contributed by atoms with van der Waals surface area (Å²) in [5, 5.41) is 7.06. The van der Waals surface area contributed by atoms with Crippen LogP contribution in [0.5, 0.6) is 0 Å². The second kappa shape index (κ2) is 8.29. The van der Waals surface area contributed by atoms with Crippen LogP contribution in [-0.2, 0) is 25.5 Å². The predicted octanol–water partition coefficient (Wildman–Crippen LogP) is 0.890. The molecule has 0 bridgehead atoms. The van der Waals surface area contributed by atoms with Crippen molar-refractivity contribution >= 4 is 17.6 Å². The Bertz CT molecular complexity index is 727. The average Bonchev–Trinajstić information content (AvgIpc) is 3.31. The van der Waals surface area contributed by atoms with Gasteiger partial charge in [0.1, 0.15) is 6.54 Å². The molecule has 2 unspecified atom stereocenters. The van der Waals surface area contributed by atoms with Gasteiger partial charge in [-0.25, -0.2) is 4.79 Å². The van der Waals surface area contributed by atoms with Gasteiger partial charge in [0, 0.05) is 45.2 Å². The fourth-order valence-corrected chi connectivity index (χ4v) is 4.17. The van der Waals surface area contributed by atoms with E-state index >= 15 is 0 Å². The summed E-state index contributed by atoms with van der Waals surface area (Å²) in [6.07, 6.45) is 4.63. The number of ether oxygens (including phenoxy) is 3. The summed E-state index contributed by atoms with van der Waals surface area (Å²) in [7, 11) is 0. The molecule has 4 rings (SSSR count). The average molecular weight is 407 g/mol. The fourth-order valence-electron chi connectivity index (χ4n) is 4.17. The number of hydrogen-bond donors (Lipinski definition) is 1. The lowest BCUT2D eigenvalue weighted by Gasteiger charge is -2.37. The van der Waals surface area contributed by atoms with Crippen molar-refractivity contribution in [3.05, 3.63) is 12.4 Å². The van der Waals surface area contributed by atoms with Crippen molar-refractivity contribution in [2.24, 2.45) is 0 Å². The Hall–Kier alpha value is -2.17. The van der Waals surface area contributed by atoms with Gasteiger partial charge in [-0.1, -0.05) is 0 Å². The Morgan fingerprint density at radius 1 is 1.14 bits per heavy atom. The molecular formula is C19H29N5O5. The molecule has 3 saturated heterocycles. The van der Waals surface area contributed by atoms with E-state index in [4.69, 9.17) is 14.2 Å². The van der Waals surface area contributed by atoms with Crippen LogP contribution in [-0.4, -0.2) is 88.9 Å². The number of carbonyl (C=O) groups excluding carboxylic acids is 2. The number of hydrogen-bond acceptors (Lipinski definition) is 6. The monoisotopic (exact) mass is 407 g/mol. The van der Waals surface area contributed by atoms with Crippen molar-refractivity contribution < 1.29 is 23.8 Å².